The maximum absolute atomic E-state index is 16.2. The summed E-state index contributed by atoms with van der Waals surface area (Å²) in [5, 5.41) is 31.9. The quantitative estimate of drug-likeness (QED) is 0.109. The molecule has 0 spiro atoms. The summed E-state index contributed by atoms with van der Waals surface area (Å²) < 4.78 is 35.8. The zero-order valence-electron chi connectivity index (χ0n) is 37.1. The van der Waals surface area contributed by atoms with Gasteiger partial charge in [-0.1, -0.05) is 146 Å². The molecule has 12 rings (SSSR count). The van der Waals surface area contributed by atoms with Crippen LogP contribution in [0.25, 0.3) is 77.2 Å². The number of nitrogens with zero attached hydrogens (tertiary/aromatic N) is 2. The third kappa shape index (κ3) is 8.06. The van der Waals surface area contributed by atoms with Crippen molar-refractivity contribution in [1.82, 2.24) is 9.13 Å². The SMILES string of the molecule is Fc1cc(-n2c3ccccc3c3ccccc32)ccc1-c1ccccc1Nc1ccccc1.OB(O)c1c(-n2c3ccccc3c3ccccc32)ccc(-c2ccccc2Nc2ccccc2)c1F. The number of anilines is 4. The third-order valence-electron chi connectivity index (χ3n) is 12.6. The summed E-state index contributed by atoms with van der Waals surface area (Å²) in [6.45, 7) is 0. The monoisotopic (exact) mass is 900 g/mol. The minimum absolute atomic E-state index is 0.173. The van der Waals surface area contributed by atoms with E-state index in [0.717, 1.165) is 71.9 Å². The first-order chi connectivity index (χ1) is 33.9. The molecule has 0 aliphatic rings. The molecule has 0 atom stereocenters. The summed E-state index contributed by atoms with van der Waals surface area (Å²) in [7, 11) is -2.01. The fraction of sp³-hybridized carbons (Fsp3) is 0. The minimum atomic E-state index is -2.01. The number of rotatable bonds is 9. The molecule has 6 nitrogen and oxygen atoms in total. The van der Waals surface area contributed by atoms with E-state index in [1.807, 2.05) is 199 Å². The number of para-hydroxylation sites is 8. The van der Waals surface area contributed by atoms with E-state index in [1.165, 1.54) is 0 Å². The molecule has 332 valence electrons. The van der Waals surface area contributed by atoms with E-state index in [-0.39, 0.29) is 16.8 Å². The third-order valence-corrected chi connectivity index (χ3v) is 12.6. The van der Waals surface area contributed by atoms with Gasteiger partial charge in [-0.2, -0.15) is 0 Å². The first-order valence-corrected chi connectivity index (χ1v) is 22.7. The Labute approximate surface area is 397 Å². The van der Waals surface area contributed by atoms with Crippen LogP contribution in [0.2, 0.25) is 0 Å². The maximum atomic E-state index is 16.2. The summed E-state index contributed by atoms with van der Waals surface area (Å²) in [4.78, 5) is 0. The van der Waals surface area contributed by atoms with Crippen LogP contribution >= 0.6 is 0 Å². The Morgan fingerprint density at radius 2 is 0.754 bits per heavy atom. The first-order valence-electron chi connectivity index (χ1n) is 22.7. The standard InChI is InChI=1S/C30H22BFN2O2.C30H21FN2/c32-30-24(21-12-4-7-15-25(21)33-20-10-2-1-3-11-20)18-19-28(29(30)31(35)36)34-26-16-8-5-13-22(26)23-14-6-9-17-27(23)34;31-27-20-22(33-29-16-8-5-13-25(29)26-14-6-9-17-30(26)33)18-19-23(27)24-12-4-7-15-28(24)32-21-10-2-1-3-11-21/h1-19,33,35-36H;1-20,32H. The smallest absolute Gasteiger partial charge is 0.423 e. The second kappa shape index (κ2) is 18.5. The van der Waals surface area contributed by atoms with E-state index in [4.69, 9.17) is 0 Å². The summed E-state index contributed by atoms with van der Waals surface area (Å²) in [6.07, 6.45) is 0. The Bertz CT molecular complexity index is 3710. The Hall–Kier alpha value is -8.76. The van der Waals surface area contributed by atoms with Crippen molar-refractivity contribution in [3.63, 3.8) is 0 Å². The van der Waals surface area contributed by atoms with Crippen LogP contribution in [0.1, 0.15) is 0 Å². The Balaban J connectivity index is 0.000000151. The van der Waals surface area contributed by atoms with Gasteiger partial charge in [-0.05, 0) is 91.0 Å². The van der Waals surface area contributed by atoms with E-state index in [9.17, 15) is 10.0 Å². The minimum Gasteiger partial charge on any atom is -0.423 e. The van der Waals surface area contributed by atoms with E-state index in [2.05, 4.69) is 39.5 Å². The van der Waals surface area contributed by atoms with Gasteiger partial charge in [-0.3, -0.25) is 0 Å². The Morgan fingerprint density at radius 1 is 0.362 bits per heavy atom. The molecule has 2 aromatic heterocycles. The molecule has 0 unspecified atom stereocenters. The topological polar surface area (TPSA) is 74.4 Å². The Kier molecular flexibility index (Phi) is 11.5. The Morgan fingerprint density at radius 3 is 1.22 bits per heavy atom. The van der Waals surface area contributed by atoms with Crippen LogP contribution in [0.3, 0.4) is 0 Å². The molecular formula is C60H43BF2N4O2. The van der Waals surface area contributed by atoms with Crippen LogP contribution in [-0.2, 0) is 0 Å². The predicted octanol–water partition coefficient (Wildman–Crippen LogP) is 14.3. The van der Waals surface area contributed by atoms with Crippen molar-refractivity contribution in [2.45, 2.75) is 0 Å². The molecule has 12 aromatic rings. The lowest BCUT2D eigenvalue weighted by molar-refractivity contribution is 0.423. The molecule has 0 radical (unpaired) electrons. The van der Waals surface area contributed by atoms with Crippen molar-refractivity contribution in [2.75, 3.05) is 10.6 Å². The van der Waals surface area contributed by atoms with E-state index < -0.39 is 12.9 Å². The lowest BCUT2D eigenvalue weighted by Crippen LogP contribution is -2.36. The van der Waals surface area contributed by atoms with E-state index in [1.54, 1.807) is 18.2 Å². The summed E-state index contributed by atoms with van der Waals surface area (Å²) in [5.74, 6) is -0.927. The van der Waals surface area contributed by atoms with Crippen LogP contribution in [0.4, 0.5) is 31.5 Å². The molecule has 0 bridgehead atoms. The number of hydrogen-bond acceptors (Lipinski definition) is 4. The zero-order chi connectivity index (χ0) is 46.8. The number of hydrogen-bond donors (Lipinski definition) is 4. The van der Waals surface area contributed by atoms with Gasteiger partial charge in [0.15, 0.2) is 0 Å². The lowest BCUT2D eigenvalue weighted by atomic mass is 9.76. The number of fused-ring (bicyclic) bond motifs is 6. The molecule has 10 aromatic carbocycles. The fourth-order valence-electron chi connectivity index (χ4n) is 9.48. The van der Waals surface area contributed by atoms with Gasteiger partial charge in [0.2, 0.25) is 0 Å². The molecule has 0 aliphatic carbocycles. The number of aromatic nitrogens is 2. The van der Waals surface area contributed by atoms with Crippen molar-refractivity contribution >= 4 is 78.9 Å². The first kappa shape index (κ1) is 42.9. The molecule has 0 saturated carbocycles. The number of halogens is 2. The van der Waals surface area contributed by atoms with Crippen LogP contribution in [-0.4, -0.2) is 26.3 Å². The number of nitrogens with one attached hydrogen (secondary N) is 2. The molecule has 0 amide bonds. The van der Waals surface area contributed by atoms with Gasteiger partial charge in [0.05, 0.1) is 22.1 Å². The van der Waals surface area contributed by atoms with Gasteiger partial charge in [0, 0.05) is 83.4 Å². The van der Waals surface area contributed by atoms with Crippen molar-refractivity contribution in [3.8, 4) is 33.6 Å². The van der Waals surface area contributed by atoms with Crippen LogP contribution in [0.15, 0.2) is 237 Å². The van der Waals surface area contributed by atoms with Crippen molar-refractivity contribution < 1.29 is 18.8 Å². The van der Waals surface area contributed by atoms with Gasteiger partial charge in [-0.25, -0.2) is 8.78 Å². The highest BCUT2D eigenvalue weighted by Crippen LogP contribution is 2.38. The maximum Gasteiger partial charge on any atom is 0.493 e. The highest BCUT2D eigenvalue weighted by atomic mass is 19.1. The average molecular weight is 901 g/mol. The van der Waals surface area contributed by atoms with Crippen molar-refractivity contribution in [3.05, 3.63) is 248 Å². The van der Waals surface area contributed by atoms with E-state index >= 15 is 8.78 Å². The van der Waals surface area contributed by atoms with Crippen LogP contribution in [0.5, 0.6) is 0 Å². The molecule has 4 N–H and O–H groups in total. The summed E-state index contributed by atoms with van der Waals surface area (Å²) in [6, 6.07) is 76.0. The second-order valence-corrected chi connectivity index (χ2v) is 16.7. The van der Waals surface area contributed by atoms with Gasteiger partial charge in [0.1, 0.15) is 11.6 Å². The van der Waals surface area contributed by atoms with Gasteiger partial charge in [-0.15, -0.1) is 0 Å². The van der Waals surface area contributed by atoms with Crippen molar-refractivity contribution in [1.29, 1.82) is 0 Å². The van der Waals surface area contributed by atoms with E-state index in [0.29, 0.717) is 22.5 Å². The van der Waals surface area contributed by atoms with Crippen molar-refractivity contribution in [2.24, 2.45) is 0 Å². The summed E-state index contributed by atoms with van der Waals surface area (Å²) in [5.41, 5.74) is 10.6. The average Bonchev–Trinajstić information content (AvgIpc) is 3.91. The molecule has 0 saturated heterocycles. The molecule has 69 heavy (non-hydrogen) atoms. The molecule has 9 heteroatoms. The highest BCUT2D eigenvalue weighted by molar-refractivity contribution is 6.60. The largest absolute Gasteiger partial charge is 0.493 e. The number of benzene rings is 10. The lowest BCUT2D eigenvalue weighted by Gasteiger charge is -2.18. The van der Waals surface area contributed by atoms with Gasteiger partial charge < -0.3 is 29.8 Å². The second-order valence-electron chi connectivity index (χ2n) is 16.7. The summed E-state index contributed by atoms with van der Waals surface area (Å²) >= 11 is 0. The molecule has 0 aliphatic heterocycles. The molecule has 2 heterocycles. The molecule has 0 fully saturated rings. The predicted molar refractivity (Wildman–Crippen MR) is 282 cm³/mol. The molecular weight excluding hydrogens is 857 g/mol. The van der Waals surface area contributed by atoms with Gasteiger partial charge in [0.25, 0.3) is 0 Å². The highest BCUT2D eigenvalue weighted by Gasteiger charge is 2.28. The van der Waals surface area contributed by atoms with Crippen LogP contribution < -0.4 is 16.1 Å². The van der Waals surface area contributed by atoms with Crippen LogP contribution in [0, 0.1) is 11.6 Å². The fourth-order valence-corrected chi connectivity index (χ4v) is 9.48. The zero-order valence-corrected chi connectivity index (χ0v) is 37.1. The normalized spacial score (nSPS) is 11.2. The van der Waals surface area contributed by atoms with Gasteiger partial charge >= 0.3 is 7.12 Å².